The van der Waals surface area contributed by atoms with Crippen LogP contribution in [0, 0.1) is 12.3 Å². The highest BCUT2D eigenvalue weighted by Crippen LogP contribution is 2.21. The van der Waals surface area contributed by atoms with E-state index in [1.807, 2.05) is 20.8 Å². The Morgan fingerprint density at radius 2 is 2.07 bits per heavy atom. The van der Waals surface area contributed by atoms with Crippen LogP contribution < -0.4 is 0 Å². The number of rotatable bonds is 3. The Kier molecular flexibility index (Phi) is 3.48. The highest BCUT2D eigenvalue weighted by atomic mass is 32.1. The lowest BCUT2D eigenvalue weighted by Gasteiger charge is -2.16. The standard InChI is InChI=1S/C12H18OS/c1-9-10(7-8-14-9)5-6-11(13)12(2,3)4/h7-8H,5-6H2,1-4H3. The minimum atomic E-state index is -0.191. The number of carbonyl (C=O) groups is 1. The van der Waals surface area contributed by atoms with Gasteiger partial charge in [0.05, 0.1) is 0 Å². The third-order valence-electron chi connectivity index (χ3n) is 2.42. The first-order chi connectivity index (χ1) is 6.41. The maximum absolute atomic E-state index is 11.7. The van der Waals surface area contributed by atoms with Crippen molar-refractivity contribution in [2.24, 2.45) is 5.41 Å². The second-order valence-corrected chi connectivity index (χ2v) is 5.80. The summed E-state index contributed by atoms with van der Waals surface area (Å²) in [5, 5.41) is 2.09. The smallest absolute Gasteiger partial charge is 0.138 e. The van der Waals surface area contributed by atoms with E-state index >= 15 is 0 Å². The predicted octanol–water partition coefficient (Wildman–Crippen LogP) is 3.60. The average Bonchev–Trinajstić information content (AvgIpc) is 2.45. The molecular formula is C12H18OS. The molecule has 0 aromatic carbocycles. The van der Waals surface area contributed by atoms with E-state index in [1.54, 1.807) is 11.3 Å². The molecule has 0 aliphatic rings. The van der Waals surface area contributed by atoms with Crippen LogP contribution in [-0.2, 0) is 11.2 Å². The number of aryl methyl sites for hydroxylation is 2. The molecule has 1 aromatic heterocycles. The topological polar surface area (TPSA) is 17.1 Å². The van der Waals surface area contributed by atoms with Gasteiger partial charge in [-0.3, -0.25) is 4.79 Å². The second kappa shape index (κ2) is 4.26. The molecule has 1 aromatic rings. The summed E-state index contributed by atoms with van der Waals surface area (Å²) in [6, 6.07) is 2.12. The number of hydrogen-bond donors (Lipinski definition) is 0. The van der Waals surface area contributed by atoms with Crippen molar-refractivity contribution in [3.05, 3.63) is 21.9 Å². The van der Waals surface area contributed by atoms with E-state index in [2.05, 4.69) is 18.4 Å². The number of carbonyl (C=O) groups excluding carboxylic acids is 1. The summed E-state index contributed by atoms with van der Waals surface area (Å²) in [6.07, 6.45) is 1.56. The summed E-state index contributed by atoms with van der Waals surface area (Å²) < 4.78 is 0. The minimum Gasteiger partial charge on any atom is -0.299 e. The van der Waals surface area contributed by atoms with E-state index in [4.69, 9.17) is 0 Å². The van der Waals surface area contributed by atoms with E-state index < -0.39 is 0 Å². The number of ketones is 1. The van der Waals surface area contributed by atoms with E-state index in [0.717, 1.165) is 6.42 Å². The van der Waals surface area contributed by atoms with Crippen LogP contribution in [0.3, 0.4) is 0 Å². The van der Waals surface area contributed by atoms with Gasteiger partial charge in [-0.1, -0.05) is 20.8 Å². The Morgan fingerprint density at radius 1 is 1.43 bits per heavy atom. The molecule has 1 rings (SSSR count). The average molecular weight is 210 g/mol. The van der Waals surface area contributed by atoms with Gasteiger partial charge < -0.3 is 0 Å². The normalized spacial score (nSPS) is 11.7. The van der Waals surface area contributed by atoms with Crippen LogP contribution in [-0.4, -0.2) is 5.78 Å². The zero-order valence-electron chi connectivity index (χ0n) is 9.39. The van der Waals surface area contributed by atoms with Gasteiger partial charge in [0.15, 0.2) is 0 Å². The van der Waals surface area contributed by atoms with Gasteiger partial charge in [0.25, 0.3) is 0 Å². The molecule has 0 atom stereocenters. The molecule has 0 spiro atoms. The molecule has 0 saturated heterocycles. The molecular weight excluding hydrogens is 192 g/mol. The van der Waals surface area contributed by atoms with Gasteiger partial charge in [-0.2, -0.15) is 0 Å². The molecule has 0 unspecified atom stereocenters. The van der Waals surface area contributed by atoms with Crippen molar-refractivity contribution in [2.75, 3.05) is 0 Å². The van der Waals surface area contributed by atoms with Crippen molar-refractivity contribution in [1.82, 2.24) is 0 Å². The first kappa shape index (κ1) is 11.4. The third-order valence-corrected chi connectivity index (χ3v) is 3.31. The van der Waals surface area contributed by atoms with E-state index in [0.29, 0.717) is 12.2 Å². The number of hydrogen-bond acceptors (Lipinski definition) is 2. The minimum absolute atomic E-state index is 0.191. The maximum Gasteiger partial charge on any atom is 0.138 e. The lowest BCUT2D eigenvalue weighted by atomic mass is 9.87. The Bertz CT molecular complexity index is 317. The van der Waals surface area contributed by atoms with Gasteiger partial charge in [-0.05, 0) is 30.4 Å². The van der Waals surface area contributed by atoms with Gasteiger partial charge in [0.1, 0.15) is 5.78 Å². The molecule has 2 heteroatoms. The Morgan fingerprint density at radius 3 is 2.50 bits per heavy atom. The molecule has 0 radical (unpaired) electrons. The summed E-state index contributed by atoms with van der Waals surface area (Å²) in [5.74, 6) is 0.350. The summed E-state index contributed by atoms with van der Waals surface area (Å²) in [4.78, 5) is 13.0. The summed E-state index contributed by atoms with van der Waals surface area (Å²) >= 11 is 1.75. The maximum atomic E-state index is 11.7. The van der Waals surface area contributed by atoms with Crippen molar-refractivity contribution in [3.63, 3.8) is 0 Å². The molecule has 14 heavy (non-hydrogen) atoms. The van der Waals surface area contributed by atoms with Crippen LogP contribution in [0.5, 0.6) is 0 Å². The van der Waals surface area contributed by atoms with E-state index in [-0.39, 0.29) is 5.41 Å². The molecule has 0 aliphatic carbocycles. The molecule has 78 valence electrons. The Balaban J connectivity index is 2.50. The SMILES string of the molecule is Cc1sccc1CCC(=O)C(C)(C)C. The van der Waals surface area contributed by atoms with Crippen LogP contribution in [0.2, 0.25) is 0 Å². The van der Waals surface area contributed by atoms with Crippen LogP contribution in [0.4, 0.5) is 0 Å². The highest BCUT2D eigenvalue weighted by Gasteiger charge is 2.20. The quantitative estimate of drug-likeness (QED) is 0.745. The Labute approximate surface area is 90.2 Å². The molecule has 0 fully saturated rings. The van der Waals surface area contributed by atoms with E-state index in [1.165, 1.54) is 10.4 Å². The van der Waals surface area contributed by atoms with Crippen LogP contribution in [0.15, 0.2) is 11.4 Å². The van der Waals surface area contributed by atoms with Crippen LogP contribution >= 0.6 is 11.3 Å². The molecule has 0 aliphatic heterocycles. The van der Waals surface area contributed by atoms with Gasteiger partial charge in [0.2, 0.25) is 0 Å². The molecule has 1 heterocycles. The molecule has 0 N–H and O–H groups in total. The van der Waals surface area contributed by atoms with Gasteiger partial charge in [0, 0.05) is 16.7 Å². The largest absolute Gasteiger partial charge is 0.299 e. The number of Topliss-reactive ketones (excluding diaryl/α,β-unsaturated/α-hetero) is 1. The lowest BCUT2D eigenvalue weighted by Crippen LogP contribution is -2.20. The molecule has 0 bridgehead atoms. The fraction of sp³-hybridized carbons (Fsp3) is 0.583. The summed E-state index contributed by atoms with van der Waals surface area (Å²) in [5.41, 5.74) is 1.14. The van der Waals surface area contributed by atoms with Gasteiger partial charge in [-0.15, -0.1) is 11.3 Å². The molecule has 1 nitrogen and oxygen atoms in total. The lowest BCUT2D eigenvalue weighted by molar-refractivity contribution is -0.126. The van der Waals surface area contributed by atoms with Crippen molar-refractivity contribution >= 4 is 17.1 Å². The first-order valence-electron chi connectivity index (χ1n) is 4.97. The fourth-order valence-corrected chi connectivity index (χ4v) is 2.05. The van der Waals surface area contributed by atoms with Gasteiger partial charge >= 0.3 is 0 Å². The molecule has 0 amide bonds. The van der Waals surface area contributed by atoms with E-state index in [9.17, 15) is 4.79 Å². The fourth-order valence-electron chi connectivity index (χ4n) is 1.29. The van der Waals surface area contributed by atoms with Crippen LogP contribution in [0.25, 0.3) is 0 Å². The highest BCUT2D eigenvalue weighted by molar-refractivity contribution is 7.10. The summed E-state index contributed by atoms with van der Waals surface area (Å²) in [7, 11) is 0. The molecule has 0 saturated carbocycles. The predicted molar refractivity (Wildman–Crippen MR) is 61.8 cm³/mol. The Hall–Kier alpha value is -0.630. The zero-order valence-corrected chi connectivity index (χ0v) is 10.2. The van der Waals surface area contributed by atoms with Crippen molar-refractivity contribution in [3.8, 4) is 0 Å². The van der Waals surface area contributed by atoms with Crippen LogP contribution in [0.1, 0.15) is 37.6 Å². The van der Waals surface area contributed by atoms with Crippen molar-refractivity contribution < 1.29 is 4.79 Å². The second-order valence-electron chi connectivity index (χ2n) is 4.68. The number of thiophene rings is 1. The van der Waals surface area contributed by atoms with Crippen molar-refractivity contribution in [1.29, 1.82) is 0 Å². The van der Waals surface area contributed by atoms with Gasteiger partial charge in [-0.25, -0.2) is 0 Å². The third kappa shape index (κ3) is 2.95. The first-order valence-corrected chi connectivity index (χ1v) is 5.85. The summed E-state index contributed by atoms with van der Waals surface area (Å²) in [6.45, 7) is 8.06. The van der Waals surface area contributed by atoms with Crippen molar-refractivity contribution in [2.45, 2.75) is 40.5 Å². The monoisotopic (exact) mass is 210 g/mol. The zero-order chi connectivity index (χ0) is 10.8.